The quantitative estimate of drug-likeness (QED) is 0.910. The summed E-state index contributed by atoms with van der Waals surface area (Å²) in [4.78, 5) is 15.9. The number of halogens is 2. The number of amides is 1. The van der Waals surface area contributed by atoms with E-state index >= 15 is 0 Å². The van der Waals surface area contributed by atoms with Crippen LogP contribution in [0.4, 0.5) is 14.5 Å². The zero-order valence-corrected chi connectivity index (χ0v) is 11.7. The molecule has 6 heteroatoms. The Kier molecular flexibility index (Phi) is 4.47. The summed E-state index contributed by atoms with van der Waals surface area (Å²) in [5.74, 6) is -2.15. The topological polar surface area (TPSA) is 54.0 Å². The average molecular weight is 291 g/mol. The van der Waals surface area contributed by atoms with E-state index in [-0.39, 0.29) is 17.3 Å². The van der Waals surface area contributed by atoms with Crippen LogP contribution in [-0.2, 0) is 0 Å². The first-order valence-electron chi connectivity index (χ1n) is 6.40. The Morgan fingerprint density at radius 3 is 2.29 bits per heavy atom. The molecule has 2 aromatic rings. The van der Waals surface area contributed by atoms with Gasteiger partial charge in [0.2, 0.25) is 0 Å². The minimum Gasteiger partial charge on any atom is -0.383 e. The maximum Gasteiger partial charge on any atom is 0.251 e. The van der Waals surface area contributed by atoms with Crippen LogP contribution in [-0.4, -0.2) is 17.9 Å². The average Bonchev–Trinajstić information content (AvgIpc) is 2.47. The third-order valence-electron chi connectivity index (χ3n) is 3.11. The van der Waals surface area contributed by atoms with Gasteiger partial charge in [0, 0.05) is 25.0 Å². The van der Waals surface area contributed by atoms with Crippen LogP contribution >= 0.6 is 0 Å². The molecule has 0 spiro atoms. The van der Waals surface area contributed by atoms with Crippen LogP contribution in [0.2, 0.25) is 0 Å². The summed E-state index contributed by atoms with van der Waals surface area (Å²) < 4.78 is 27.3. The lowest BCUT2D eigenvalue weighted by molar-refractivity contribution is 0.0939. The lowest BCUT2D eigenvalue weighted by Gasteiger charge is -2.14. The van der Waals surface area contributed by atoms with Crippen molar-refractivity contribution in [2.45, 2.75) is 13.0 Å². The first-order chi connectivity index (χ1) is 10.0. The molecule has 1 aromatic heterocycles. The highest BCUT2D eigenvalue weighted by atomic mass is 19.1. The molecule has 0 aliphatic carbocycles. The van der Waals surface area contributed by atoms with Crippen molar-refractivity contribution in [3.63, 3.8) is 0 Å². The molecule has 0 aliphatic rings. The molecule has 1 heterocycles. The predicted octanol–water partition coefficient (Wildman–Crippen LogP) is 2.89. The molecule has 2 N–H and O–H groups in total. The largest absolute Gasteiger partial charge is 0.383 e. The molecule has 21 heavy (non-hydrogen) atoms. The second kappa shape index (κ2) is 6.30. The maximum absolute atomic E-state index is 13.6. The van der Waals surface area contributed by atoms with Gasteiger partial charge in [-0.1, -0.05) is 0 Å². The zero-order chi connectivity index (χ0) is 15.4. The predicted molar refractivity (Wildman–Crippen MR) is 76.0 cm³/mol. The number of nitrogens with one attached hydrogen (secondary N) is 2. The minimum absolute atomic E-state index is 0.0649. The standard InChI is InChI=1S/C15H15F2N3O/c1-9(10-3-5-19-6-4-10)20-15(21)11-7-12(16)14(18-2)13(17)8-11/h3-9,18H,1-2H3,(H,20,21). The Balaban J connectivity index is 2.18. The van der Waals surface area contributed by atoms with Crippen molar-refractivity contribution in [2.24, 2.45) is 0 Å². The summed E-state index contributed by atoms with van der Waals surface area (Å²) in [6.07, 6.45) is 3.22. The van der Waals surface area contributed by atoms with Crippen LogP contribution < -0.4 is 10.6 Å². The van der Waals surface area contributed by atoms with Gasteiger partial charge in [0.25, 0.3) is 5.91 Å². The van der Waals surface area contributed by atoms with Gasteiger partial charge in [-0.25, -0.2) is 8.78 Å². The number of rotatable bonds is 4. The number of hydrogen-bond acceptors (Lipinski definition) is 3. The number of benzene rings is 1. The molecular weight excluding hydrogens is 276 g/mol. The van der Waals surface area contributed by atoms with E-state index < -0.39 is 17.5 Å². The molecular formula is C15H15F2N3O. The van der Waals surface area contributed by atoms with Crippen LogP contribution in [0.3, 0.4) is 0 Å². The van der Waals surface area contributed by atoms with E-state index in [1.807, 2.05) is 0 Å². The minimum atomic E-state index is -0.806. The molecule has 0 aliphatic heterocycles. The molecule has 1 atom stereocenters. The number of nitrogens with zero attached hydrogens (tertiary/aromatic N) is 1. The third kappa shape index (κ3) is 3.34. The fraction of sp³-hybridized carbons (Fsp3) is 0.200. The van der Waals surface area contributed by atoms with E-state index in [2.05, 4.69) is 15.6 Å². The van der Waals surface area contributed by atoms with Crippen molar-refractivity contribution in [3.8, 4) is 0 Å². The summed E-state index contributed by atoms with van der Waals surface area (Å²) >= 11 is 0. The van der Waals surface area contributed by atoms with Crippen molar-refractivity contribution < 1.29 is 13.6 Å². The summed E-state index contributed by atoms with van der Waals surface area (Å²) in [5.41, 5.74) is 0.532. The van der Waals surface area contributed by atoms with Crippen LogP contribution in [0, 0.1) is 11.6 Å². The SMILES string of the molecule is CNc1c(F)cc(C(=O)NC(C)c2ccncc2)cc1F. The van der Waals surface area contributed by atoms with E-state index in [4.69, 9.17) is 0 Å². The Hall–Kier alpha value is -2.50. The molecule has 1 unspecified atom stereocenters. The molecule has 110 valence electrons. The molecule has 0 radical (unpaired) electrons. The number of carbonyl (C=O) groups is 1. The van der Waals surface area contributed by atoms with Crippen molar-refractivity contribution in [1.29, 1.82) is 0 Å². The number of pyridine rings is 1. The highest BCUT2D eigenvalue weighted by molar-refractivity contribution is 5.94. The second-order valence-electron chi connectivity index (χ2n) is 4.54. The highest BCUT2D eigenvalue weighted by Gasteiger charge is 2.16. The zero-order valence-electron chi connectivity index (χ0n) is 11.7. The van der Waals surface area contributed by atoms with Gasteiger partial charge in [-0.3, -0.25) is 9.78 Å². The highest BCUT2D eigenvalue weighted by Crippen LogP contribution is 2.21. The van der Waals surface area contributed by atoms with Gasteiger partial charge >= 0.3 is 0 Å². The first kappa shape index (κ1) is 14.9. The molecule has 0 saturated carbocycles. The van der Waals surface area contributed by atoms with E-state index in [1.165, 1.54) is 7.05 Å². The van der Waals surface area contributed by atoms with Crippen LogP contribution in [0.25, 0.3) is 0 Å². The fourth-order valence-electron chi connectivity index (χ4n) is 1.96. The maximum atomic E-state index is 13.6. The van der Waals surface area contributed by atoms with E-state index in [9.17, 15) is 13.6 Å². The Morgan fingerprint density at radius 2 is 1.76 bits per heavy atom. The molecule has 2 rings (SSSR count). The van der Waals surface area contributed by atoms with Crippen LogP contribution in [0.5, 0.6) is 0 Å². The van der Waals surface area contributed by atoms with E-state index in [0.717, 1.165) is 17.7 Å². The lowest BCUT2D eigenvalue weighted by Crippen LogP contribution is -2.27. The monoisotopic (exact) mass is 291 g/mol. The fourth-order valence-corrected chi connectivity index (χ4v) is 1.96. The van der Waals surface area contributed by atoms with Gasteiger partial charge in [-0.15, -0.1) is 0 Å². The summed E-state index contributed by atoms with van der Waals surface area (Å²) in [6, 6.07) is 5.23. The van der Waals surface area contributed by atoms with E-state index in [0.29, 0.717) is 0 Å². The molecule has 1 aromatic carbocycles. The van der Waals surface area contributed by atoms with Crippen molar-refractivity contribution in [3.05, 3.63) is 59.4 Å². The summed E-state index contributed by atoms with van der Waals surface area (Å²) in [6.45, 7) is 1.78. The van der Waals surface area contributed by atoms with Crippen molar-refractivity contribution in [1.82, 2.24) is 10.3 Å². The normalized spacial score (nSPS) is 11.8. The third-order valence-corrected chi connectivity index (χ3v) is 3.11. The van der Waals surface area contributed by atoms with Gasteiger partial charge in [0.15, 0.2) is 0 Å². The Bertz CT molecular complexity index is 624. The van der Waals surface area contributed by atoms with E-state index in [1.54, 1.807) is 31.5 Å². The van der Waals surface area contributed by atoms with Gasteiger partial charge in [-0.05, 0) is 36.8 Å². The van der Waals surface area contributed by atoms with Crippen molar-refractivity contribution >= 4 is 11.6 Å². The smallest absolute Gasteiger partial charge is 0.251 e. The molecule has 1 amide bonds. The molecule has 4 nitrogen and oxygen atoms in total. The summed E-state index contributed by atoms with van der Waals surface area (Å²) in [5, 5.41) is 5.09. The van der Waals surface area contributed by atoms with Crippen LogP contribution in [0.15, 0.2) is 36.7 Å². The summed E-state index contributed by atoms with van der Waals surface area (Å²) in [7, 11) is 1.41. The van der Waals surface area contributed by atoms with Crippen molar-refractivity contribution in [2.75, 3.05) is 12.4 Å². The van der Waals surface area contributed by atoms with Gasteiger partial charge in [0.05, 0.1) is 6.04 Å². The number of carbonyl (C=O) groups excluding carboxylic acids is 1. The first-order valence-corrected chi connectivity index (χ1v) is 6.40. The van der Waals surface area contributed by atoms with Gasteiger partial charge < -0.3 is 10.6 Å². The number of aromatic nitrogens is 1. The molecule has 0 fully saturated rings. The molecule has 0 saturated heterocycles. The molecule has 0 bridgehead atoms. The Morgan fingerprint density at radius 1 is 1.19 bits per heavy atom. The Labute approximate surface area is 121 Å². The second-order valence-corrected chi connectivity index (χ2v) is 4.54. The lowest BCUT2D eigenvalue weighted by atomic mass is 10.1. The number of anilines is 1. The van der Waals surface area contributed by atoms with Crippen LogP contribution in [0.1, 0.15) is 28.9 Å². The van der Waals surface area contributed by atoms with Gasteiger partial charge in [0.1, 0.15) is 17.3 Å². The number of hydrogen-bond donors (Lipinski definition) is 2. The van der Waals surface area contributed by atoms with Gasteiger partial charge in [-0.2, -0.15) is 0 Å².